The minimum atomic E-state index is -3.59. The first-order chi connectivity index (χ1) is 14.1. The number of nitrogens with zero attached hydrogens (tertiary/aromatic N) is 3. The zero-order chi connectivity index (χ0) is 22.1. The predicted molar refractivity (Wildman–Crippen MR) is 110 cm³/mol. The Morgan fingerprint density at radius 2 is 1.67 bits per heavy atom. The van der Waals surface area contributed by atoms with Gasteiger partial charge >= 0.3 is 0 Å². The summed E-state index contributed by atoms with van der Waals surface area (Å²) in [5.74, 6) is -1.41. The third kappa shape index (κ3) is 4.07. The second-order valence-electron chi connectivity index (χ2n) is 6.58. The summed E-state index contributed by atoms with van der Waals surface area (Å²) in [5.41, 5.74) is 5.03. The van der Waals surface area contributed by atoms with Crippen LogP contribution in [0.4, 0.5) is 5.69 Å². The maximum absolute atomic E-state index is 12.6. The molecule has 3 aromatic rings. The number of benzene rings is 2. The molecule has 0 saturated carbocycles. The number of amides is 2. The molecule has 30 heavy (non-hydrogen) atoms. The fraction of sp³-hybridized carbons (Fsp3) is 0.158. The highest BCUT2D eigenvalue weighted by molar-refractivity contribution is 7.89. The van der Waals surface area contributed by atoms with Gasteiger partial charge in [-0.15, -0.1) is 0 Å². The van der Waals surface area contributed by atoms with Crippen molar-refractivity contribution in [2.75, 3.05) is 19.4 Å². The lowest BCUT2D eigenvalue weighted by Crippen LogP contribution is -2.32. The third-order valence-electron chi connectivity index (χ3n) is 4.31. The lowest BCUT2D eigenvalue weighted by Gasteiger charge is -2.12. The molecular formula is C19H19N5O5S. The van der Waals surface area contributed by atoms with E-state index in [-0.39, 0.29) is 16.0 Å². The summed E-state index contributed by atoms with van der Waals surface area (Å²) in [6.07, 6.45) is 0. The van der Waals surface area contributed by atoms with Crippen molar-refractivity contribution >= 4 is 38.3 Å². The van der Waals surface area contributed by atoms with Crippen LogP contribution in [0, 0.1) is 0 Å². The van der Waals surface area contributed by atoms with Crippen molar-refractivity contribution in [3.05, 3.63) is 64.6 Å². The van der Waals surface area contributed by atoms with Crippen LogP contribution in [-0.4, -0.2) is 48.4 Å². The van der Waals surface area contributed by atoms with Crippen LogP contribution in [0.1, 0.15) is 10.5 Å². The Bertz CT molecular complexity index is 1300. The molecule has 1 heterocycles. The van der Waals surface area contributed by atoms with Crippen molar-refractivity contribution in [1.82, 2.24) is 14.1 Å². The highest BCUT2D eigenvalue weighted by Crippen LogP contribution is 2.17. The Labute approximate surface area is 172 Å². The number of sulfonamides is 1. The quantitative estimate of drug-likeness (QED) is 0.580. The summed E-state index contributed by atoms with van der Waals surface area (Å²) < 4.78 is 26.1. The number of nitrogens with one attached hydrogen (secondary N) is 1. The first-order valence-electron chi connectivity index (χ1n) is 8.73. The number of hydrogen-bond donors (Lipinski definition) is 2. The van der Waals surface area contributed by atoms with Gasteiger partial charge in [-0.3, -0.25) is 14.4 Å². The van der Waals surface area contributed by atoms with E-state index in [0.29, 0.717) is 11.1 Å². The summed E-state index contributed by atoms with van der Waals surface area (Å²) in [6, 6.07) is 11.9. The Kier molecular flexibility index (Phi) is 5.67. The maximum atomic E-state index is 12.6. The number of carbonyl (C=O) groups is 2. The van der Waals surface area contributed by atoms with Gasteiger partial charge in [0, 0.05) is 25.2 Å². The number of carbonyl (C=O) groups excluding carboxylic acids is 2. The van der Waals surface area contributed by atoms with E-state index in [1.807, 2.05) is 0 Å². The largest absolute Gasteiger partial charge is 0.364 e. The minimum absolute atomic E-state index is 0.0732. The number of fused-ring (bicyclic) bond motifs is 1. The smallest absolute Gasteiger partial charge is 0.275 e. The highest BCUT2D eigenvalue weighted by Gasteiger charge is 2.18. The SMILES string of the molecule is CN(C)S(=O)(=O)c1ccc(NC(=O)Cn2nc(C(N)=O)c3ccccc3c2=O)cc1. The average Bonchev–Trinajstić information content (AvgIpc) is 2.70. The van der Waals surface area contributed by atoms with Gasteiger partial charge in [0.05, 0.1) is 10.3 Å². The molecule has 11 heteroatoms. The van der Waals surface area contributed by atoms with E-state index in [2.05, 4.69) is 10.4 Å². The van der Waals surface area contributed by atoms with Crippen LogP contribution in [0.3, 0.4) is 0 Å². The zero-order valence-electron chi connectivity index (χ0n) is 16.2. The van der Waals surface area contributed by atoms with Crippen molar-refractivity contribution in [3.8, 4) is 0 Å². The number of nitrogens with two attached hydrogens (primary N) is 1. The normalized spacial score (nSPS) is 11.6. The van der Waals surface area contributed by atoms with E-state index in [1.165, 1.54) is 44.4 Å². The van der Waals surface area contributed by atoms with E-state index >= 15 is 0 Å². The van der Waals surface area contributed by atoms with Gasteiger partial charge in [0.15, 0.2) is 5.69 Å². The molecule has 0 unspecified atom stereocenters. The van der Waals surface area contributed by atoms with Crippen molar-refractivity contribution in [2.45, 2.75) is 11.4 Å². The molecule has 1 aromatic heterocycles. The van der Waals surface area contributed by atoms with Crippen LogP contribution in [-0.2, 0) is 21.4 Å². The van der Waals surface area contributed by atoms with Gasteiger partial charge in [-0.2, -0.15) is 5.10 Å². The molecule has 156 valence electrons. The van der Waals surface area contributed by atoms with E-state index < -0.39 is 33.9 Å². The molecular weight excluding hydrogens is 410 g/mol. The molecule has 2 aromatic carbocycles. The number of rotatable bonds is 6. The lowest BCUT2D eigenvalue weighted by molar-refractivity contribution is -0.117. The van der Waals surface area contributed by atoms with Gasteiger partial charge < -0.3 is 11.1 Å². The van der Waals surface area contributed by atoms with E-state index in [4.69, 9.17) is 5.73 Å². The van der Waals surface area contributed by atoms with Gasteiger partial charge in [-0.1, -0.05) is 18.2 Å². The molecule has 0 bridgehead atoms. The molecule has 0 aliphatic carbocycles. The standard InChI is InChI=1S/C19H19N5O5S/c1-23(2)30(28,29)13-9-7-12(8-10-13)21-16(25)11-24-19(27)15-6-4-3-5-14(15)17(22-24)18(20)26/h3-10H,11H2,1-2H3,(H2,20,26)(H,21,25). The molecule has 0 spiro atoms. The van der Waals surface area contributed by atoms with E-state index in [0.717, 1.165) is 8.99 Å². The first-order valence-corrected chi connectivity index (χ1v) is 10.2. The fourth-order valence-electron chi connectivity index (χ4n) is 2.78. The number of anilines is 1. The van der Waals surface area contributed by atoms with Gasteiger partial charge in [0.1, 0.15) is 6.54 Å². The monoisotopic (exact) mass is 429 g/mol. The minimum Gasteiger partial charge on any atom is -0.364 e. The average molecular weight is 429 g/mol. The Morgan fingerprint density at radius 3 is 2.23 bits per heavy atom. The van der Waals surface area contributed by atoms with Crippen LogP contribution >= 0.6 is 0 Å². The summed E-state index contributed by atoms with van der Waals surface area (Å²) in [4.78, 5) is 36.8. The Balaban J connectivity index is 1.85. The Morgan fingerprint density at radius 1 is 1.07 bits per heavy atom. The van der Waals surface area contributed by atoms with Crippen LogP contribution in [0.15, 0.2) is 58.2 Å². The summed E-state index contributed by atoms with van der Waals surface area (Å²) >= 11 is 0. The molecule has 0 atom stereocenters. The van der Waals surface area contributed by atoms with Crippen molar-refractivity contribution in [2.24, 2.45) is 5.73 Å². The summed E-state index contributed by atoms with van der Waals surface area (Å²) in [7, 11) is -0.756. The maximum Gasteiger partial charge on any atom is 0.275 e. The van der Waals surface area contributed by atoms with Crippen molar-refractivity contribution < 1.29 is 18.0 Å². The number of aromatic nitrogens is 2. The molecule has 10 nitrogen and oxygen atoms in total. The van der Waals surface area contributed by atoms with Crippen LogP contribution in [0.5, 0.6) is 0 Å². The fourth-order valence-corrected chi connectivity index (χ4v) is 3.68. The second kappa shape index (κ2) is 8.05. The summed E-state index contributed by atoms with van der Waals surface area (Å²) in [6.45, 7) is -0.457. The molecule has 0 saturated heterocycles. The summed E-state index contributed by atoms with van der Waals surface area (Å²) in [5, 5.41) is 7.02. The lowest BCUT2D eigenvalue weighted by atomic mass is 10.1. The van der Waals surface area contributed by atoms with Gasteiger partial charge in [0.2, 0.25) is 15.9 Å². The van der Waals surface area contributed by atoms with E-state index in [1.54, 1.807) is 18.2 Å². The number of hydrogen-bond acceptors (Lipinski definition) is 6. The van der Waals surface area contributed by atoms with Crippen LogP contribution in [0.25, 0.3) is 10.8 Å². The van der Waals surface area contributed by atoms with Crippen molar-refractivity contribution in [3.63, 3.8) is 0 Å². The molecule has 0 aliphatic rings. The predicted octanol–water partition coefficient (Wildman–Crippen LogP) is 0.384. The first kappa shape index (κ1) is 21.1. The molecule has 3 N–H and O–H groups in total. The van der Waals surface area contributed by atoms with Gasteiger partial charge in [0.25, 0.3) is 11.5 Å². The topological polar surface area (TPSA) is 144 Å². The van der Waals surface area contributed by atoms with Crippen LogP contribution in [0.2, 0.25) is 0 Å². The third-order valence-corrected chi connectivity index (χ3v) is 6.14. The molecule has 3 rings (SSSR count). The molecule has 0 radical (unpaired) electrons. The van der Waals surface area contributed by atoms with Gasteiger partial charge in [-0.05, 0) is 30.3 Å². The second-order valence-corrected chi connectivity index (χ2v) is 8.73. The number of primary amides is 1. The molecule has 2 amide bonds. The van der Waals surface area contributed by atoms with Crippen molar-refractivity contribution in [1.29, 1.82) is 0 Å². The zero-order valence-corrected chi connectivity index (χ0v) is 17.0. The van der Waals surface area contributed by atoms with Gasteiger partial charge in [-0.25, -0.2) is 17.4 Å². The Hall–Kier alpha value is -3.57. The molecule has 0 aliphatic heterocycles. The van der Waals surface area contributed by atoms with E-state index in [9.17, 15) is 22.8 Å². The highest BCUT2D eigenvalue weighted by atomic mass is 32.2. The van der Waals surface area contributed by atoms with Crippen LogP contribution < -0.4 is 16.6 Å². The molecule has 0 fully saturated rings.